The maximum absolute atomic E-state index is 8.24. The van der Waals surface area contributed by atoms with E-state index >= 15 is 0 Å². The van der Waals surface area contributed by atoms with Crippen molar-refractivity contribution in [2.75, 3.05) is 28.2 Å². The smallest absolute Gasteiger partial charge is 0.0878 e. The highest BCUT2D eigenvalue weighted by Gasteiger charge is 1.88. The van der Waals surface area contributed by atoms with Crippen LogP contribution in [0.5, 0.6) is 0 Å². The van der Waals surface area contributed by atoms with Crippen LogP contribution in [0.4, 0.5) is 0 Å². The van der Waals surface area contributed by atoms with E-state index in [0.717, 1.165) is 4.48 Å². The van der Waals surface area contributed by atoms with Gasteiger partial charge in [0.25, 0.3) is 0 Å². The molecule has 6 heteroatoms. The third kappa shape index (κ3) is 2630. The molecule has 0 saturated carbocycles. The fourth-order valence-corrected chi connectivity index (χ4v) is 0. The van der Waals surface area contributed by atoms with Crippen molar-refractivity contribution in [1.29, 1.82) is 0 Å². The third-order valence-corrected chi connectivity index (χ3v) is 0. The van der Waals surface area contributed by atoms with Crippen molar-refractivity contribution in [3.05, 3.63) is 0 Å². The van der Waals surface area contributed by atoms with Crippen LogP contribution < -0.4 is 27.9 Å². The molecule has 0 aromatic carbocycles. The second kappa shape index (κ2) is 12.1. The molecule has 0 aliphatic rings. The Morgan fingerprint density at radius 1 is 1.00 bits per heavy atom. The van der Waals surface area contributed by atoms with Gasteiger partial charge in [0.2, 0.25) is 0 Å². The number of nitrogens with zero attached hydrogens (tertiary/aromatic N) is 1. The quantitative estimate of drug-likeness (QED) is 0.394. The van der Waals surface area contributed by atoms with E-state index in [2.05, 4.69) is 28.2 Å². The van der Waals surface area contributed by atoms with E-state index in [-0.39, 0.29) is 18.6 Å². The molecule has 0 aliphatic carbocycles. The van der Waals surface area contributed by atoms with Crippen LogP contribution >= 0.6 is 0 Å². The molecule has 4 nitrogen and oxygen atoms in total. The zero-order valence-electron chi connectivity index (χ0n) is 7.02. The summed E-state index contributed by atoms with van der Waals surface area (Å²) >= 11 is -0.417. The molecule has 4 N–H and O–H groups in total. The minimum Gasteiger partial charge on any atom is -1.00 e. The molecule has 0 aliphatic heterocycles. The van der Waals surface area contributed by atoms with E-state index in [9.17, 15) is 0 Å². The molecular weight excluding hydrogens is 179 g/mol. The van der Waals surface area contributed by atoms with Crippen molar-refractivity contribution in [2.24, 2.45) is 0 Å². The Hall–Kier alpha value is 0.420. The van der Waals surface area contributed by atoms with Crippen molar-refractivity contribution in [1.82, 2.24) is 6.15 Å². The van der Waals surface area contributed by atoms with Crippen molar-refractivity contribution in [3.63, 3.8) is 0 Å². The molecule has 0 unspecified atom stereocenters. The minimum absolute atomic E-state index is 0. The van der Waals surface area contributed by atoms with E-state index < -0.39 is 11.3 Å². The van der Waals surface area contributed by atoms with Crippen LogP contribution in [0, 0.1) is 11.3 Å². The van der Waals surface area contributed by atoms with Crippen LogP contribution in [0.25, 0.3) is 0 Å². The SMILES string of the molecule is C[N+](C)(C)C.[Cl-].[NH4+].[O-][Cl+][O-]. The first-order chi connectivity index (χ1) is 3.41. The van der Waals surface area contributed by atoms with E-state index in [1.54, 1.807) is 0 Å². The summed E-state index contributed by atoms with van der Waals surface area (Å²) in [7, 11) is 8.50. The van der Waals surface area contributed by atoms with Gasteiger partial charge in [0.15, 0.2) is 0 Å². The lowest BCUT2D eigenvalue weighted by molar-refractivity contribution is -1.41. The maximum atomic E-state index is 8.24. The van der Waals surface area contributed by atoms with Crippen LogP contribution in [0.1, 0.15) is 0 Å². The molecule has 0 amide bonds. The van der Waals surface area contributed by atoms with Crippen LogP contribution in [-0.2, 0) is 0 Å². The van der Waals surface area contributed by atoms with Gasteiger partial charge in [0.05, 0.1) is 39.5 Å². The van der Waals surface area contributed by atoms with Gasteiger partial charge in [-0.3, -0.25) is 0 Å². The van der Waals surface area contributed by atoms with Gasteiger partial charge in [-0.15, -0.1) is 0 Å². The Labute approximate surface area is 72.5 Å². The van der Waals surface area contributed by atoms with E-state index in [0.29, 0.717) is 0 Å². The van der Waals surface area contributed by atoms with Crippen molar-refractivity contribution in [2.45, 2.75) is 0 Å². The first-order valence-corrected chi connectivity index (χ1v) is 2.71. The van der Waals surface area contributed by atoms with Crippen molar-refractivity contribution in [3.8, 4) is 0 Å². The molecule has 68 valence electrons. The molecule has 0 atom stereocenters. The zero-order valence-corrected chi connectivity index (χ0v) is 8.53. The van der Waals surface area contributed by atoms with Gasteiger partial charge in [0, 0.05) is 0 Å². The summed E-state index contributed by atoms with van der Waals surface area (Å²) in [6.07, 6.45) is 0. The molecule has 0 aromatic heterocycles. The van der Waals surface area contributed by atoms with Crippen LogP contribution in [0.2, 0.25) is 0 Å². The second-order valence-electron chi connectivity index (χ2n) is 2.75. The summed E-state index contributed by atoms with van der Waals surface area (Å²) in [6.45, 7) is 0. The fourth-order valence-electron chi connectivity index (χ4n) is 0. The number of hydrogen-bond acceptors (Lipinski definition) is 2. The maximum Gasteiger partial charge on any atom is 0.0878 e. The largest absolute Gasteiger partial charge is 1.00 e. The molecule has 0 rings (SSSR count). The third-order valence-electron chi connectivity index (χ3n) is 0. The summed E-state index contributed by atoms with van der Waals surface area (Å²) in [4.78, 5) is 0. The highest BCUT2D eigenvalue weighted by molar-refractivity contribution is 3.87. The van der Waals surface area contributed by atoms with E-state index in [4.69, 9.17) is 9.32 Å². The molecule has 0 radical (unpaired) electrons. The minimum atomic E-state index is -0.417. The molecular formula is C4H16Cl2N2O2. The molecule has 0 bridgehead atoms. The van der Waals surface area contributed by atoms with Gasteiger partial charge in [-0.25, -0.2) is 0 Å². The van der Waals surface area contributed by atoms with Crippen molar-refractivity contribution >= 4 is 0 Å². The summed E-state index contributed by atoms with van der Waals surface area (Å²) < 4.78 is 17.5. The summed E-state index contributed by atoms with van der Waals surface area (Å²) in [5.74, 6) is 0. The molecule has 0 saturated heterocycles. The Morgan fingerprint density at radius 3 is 1.00 bits per heavy atom. The highest BCUT2D eigenvalue weighted by Crippen LogP contribution is 1.73. The Bertz CT molecular complexity index is 43.0. The van der Waals surface area contributed by atoms with E-state index in [1.807, 2.05) is 0 Å². The van der Waals surface area contributed by atoms with Gasteiger partial charge in [0.1, 0.15) is 0 Å². The fraction of sp³-hybridized carbons (Fsp3) is 1.00. The number of rotatable bonds is 0. The standard InChI is InChI=1S/C4H12N.ClO2.ClH.H3N/c1-5(2,3)4;2-1-3;;/h1-4H3;;1H;1H3/q+1;-1;;. The molecule has 0 heterocycles. The van der Waals surface area contributed by atoms with Gasteiger partial charge in [-0.2, -0.15) is 0 Å². The Morgan fingerprint density at radius 2 is 1.00 bits per heavy atom. The van der Waals surface area contributed by atoms with Gasteiger partial charge in [-0.05, 0) is 0 Å². The normalized spacial score (nSPS) is 7.80. The number of quaternary nitrogens is 2. The average Bonchev–Trinajstić information content (AvgIpc) is 1.27. The highest BCUT2D eigenvalue weighted by atomic mass is 35.6. The van der Waals surface area contributed by atoms with E-state index in [1.165, 1.54) is 0 Å². The molecule has 10 heavy (non-hydrogen) atoms. The van der Waals surface area contributed by atoms with Crippen LogP contribution in [0.3, 0.4) is 0 Å². The summed E-state index contributed by atoms with van der Waals surface area (Å²) in [6, 6.07) is 0. The lowest BCUT2D eigenvalue weighted by atomic mass is 10.8. The lowest BCUT2D eigenvalue weighted by Crippen LogP contribution is -3.00. The number of halogens is 2. The topological polar surface area (TPSA) is 82.6 Å². The number of hydrogen-bond donors (Lipinski definition) is 1. The first-order valence-electron chi connectivity index (χ1n) is 2.10. The summed E-state index contributed by atoms with van der Waals surface area (Å²) in [5.41, 5.74) is 0. The first kappa shape index (κ1) is 22.4. The summed E-state index contributed by atoms with van der Waals surface area (Å²) in [5, 5.41) is 0. The van der Waals surface area contributed by atoms with Crippen LogP contribution in [0.15, 0.2) is 0 Å². The van der Waals surface area contributed by atoms with Crippen molar-refractivity contribution < 1.29 is 37.5 Å². The second-order valence-corrected chi connectivity index (χ2v) is 2.87. The van der Waals surface area contributed by atoms with Gasteiger partial charge < -0.3 is 32.4 Å². The molecule has 0 fully saturated rings. The average molecular weight is 195 g/mol. The van der Waals surface area contributed by atoms with Crippen LogP contribution in [-0.4, -0.2) is 32.7 Å². The Balaban J connectivity index is -0.0000000326. The monoisotopic (exact) mass is 194 g/mol. The molecule has 0 spiro atoms. The zero-order chi connectivity index (χ0) is 7.21. The molecule has 0 aromatic rings. The predicted molar refractivity (Wildman–Crippen MR) is 29.9 cm³/mol. The van der Waals surface area contributed by atoms with Gasteiger partial charge >= 0.3 is 0 Å². The lowest BCUT2D eigenvalue weighted by Gasteiger charge is -2.14. The predicted octanol–water partition coefficient (Wildman–Crippen LogP) is -4.68. The Kier molecular flexibility index (Phi) is 27.2. The van der Waals surface area contributed by atoms with Gasteiger partial charge in [-0.1, -0.05) is 0 Å².